The van der Waals surface area contributed by atoms with Gasteiger partial charge in [-0.05, 0) is 42.9 Å². The summed E-state index contributed by atoms with van der Waals surface area (Å²) in [6.07, 6.45) is 0.941. The third-order valence-electron chi connectivity index (χ3n) is 7.78. The van der Waals surface area contributed by atoms with Crippen LogP contribution in [0.2, 0.25) is 0 Å². The minimum atomic E-state index is -0.669. The van der Waals surface area contributed by atoms with Crippen LogP contribution in [0.15, 0.2) is 0 Å². The Labute approximate surface area is 108 Å². The van der Waals surface area contributed by atoms with Crippen LogP contribution >= 0.6 is 0 Å². The van der Waals surface area contributed by atoms with Crippen LogP contribution in [-0.2, 0) is 14.3 Å². The Bertz CT molecular complexity index is 442. The summed E-state index contributed by atoms with van der Waals surface area (Å²) in [4.78, 5) is 24.7. The van der Waals surface area contributed by atoms with E-state index in [9.17, 15) is 9.59 Å². The molecule has 3 heteroatoms. The average Bonchev–Trinajstić information content (AvgIpc) is 2.66. The molecule has 18 heavy (non-hydrogen) atoms. The second kappa shape index (κ2) is 2.68. The van der Waals surface area contributed by atoms with Gasteiger partial charge in [-0.1, -0.05) is 27.7 Å². The van der Waals surface area contributed by atoms with Gasteiger partial charge < -0.3 is 4.74 Å². The van der Waals surface area contributed by atoms with Crippen molar-refractivity contribution in [3.63, 3.8) is 0 Å². The molecule has 2 saturated carbocycles. The minimum Gasteiger partial charge on any atom is -0.392 e. The molecular formula is C15H22O3. The van der Waals surface area contributed by atoms with E-state index in [2.05, 4.69) is 27.7 Å². The van der Waals surface area contributed by atoms with Gasteiger partial charge in [0.1, 0.15) is 0 Å². The highest BCUT2D eigenvalue weighted by molar-refractivity contribution is 6.03. The van der Waals surface area contributed by atoms with Crippen molar-refractivity contribution in [3.8, 4) is 0 Å². The van der Waals surface area contributed by atoms with Crippen LogP contribution in [0.4, 0.5) is 0 Å². The summed E-state index contributed by atoms with van der Waals surface area (Å²) >= 11 is 0. The minimum absolute atomic E-state index is 0.140. The molecule has 100 valence electrons. The van der Waals surface area contributed by atoms with Crippen LogP contribution in [0.5, 0.6) is 0 Å². The number of hydrogen-bond acceptors (Lipinski definition) is 3. The number of rotatable bonds is 0. The smallest absolute Gasteiger partial charge is 0.321 e. The number of esters is 2. The molecule has 0 amide bonds. The number of carbonyl (C=O) groups is 2. The molecule has 0 aromatic rings. The maximum absolute atomic E-state index is 12.3. The van der Waals surface area contributed by atoms with E-state index >= 15 is 0 Å². The lowest BCUT2D eigenvalue weighted by Gasteiger charge is -2.53. The topological polar surface area (TPSA) is 43.4 Å². The standard InChI is InChI=1S/C15H22O3/c1-8-9(2)13(4)7-12(8,3)14(5)10(16)18-11(17)15(13,14)6/h8-9H,7H2,1-6H3. The van der Waals surface area contributed by atoms with E-state index in [0.29, 0.717) is 11.8 Å². The summed E-state index contributed by atoms with van der Waals surface area (Å²) in [7, 11) is 0. The van der Waals surface area contributed by atoms with Gasteiger partial charge in [0.2, 0.25) is 0 Å². The molecular weight excluding hydrogens is 228 g/mol. The zero-order valence-electron chi connectivity index (χ0n) is 12.1. The fourth-order valence-electron chi connectivity index (χ4n) is 5.76. The highest BCUT2D eigenvalue weighted by Crippen LogP contribution is 2.83. The quantitative estimate of drug-likeness (QED) is 0.490. The molecule has 0 aromatic heterocycles. The molecule has 6 unspecified atom stereocenters. The summed E-state index contributed by atoms with van der Waals surface area (Å²) in [5, 5.41) is 0. The van der Waals surface area contributed by atoms with Crippen molar-refractivity contribution in [2.24, 2.45) is 33.5 Å². The maximum atomic E-state index is 12.3. The zero-order valence-corrected chi connectivity index (χ0v) is 12.1. The number of ether oxygens (including phenoxy) is 1. The molecule has 6 atom stereocenters. The third kappa shape index (κ3) is 0.736. The van der Waals surface area contributed by atoms with Gasteiger partial charge in [-0.25, -0.2) is 0 Å². The molecule has 1 aliphatic heterocycles. The third-order valence-corrected chi connectivity index (χ3v) is 7.78. The Kier molecular flexibility index (Phi) is 1.82. The number of fused-ring (bicyclic) bond motifs is 5. The van der Waals surface area contributed by atoms with Crippen LogP contribution in [-0.4, -0.2) is 11.9 Å². The summed E-state index contributed by atoms with van der Waals surface area (Å²) in [5.41, 5.74) is -1.62. The van der Waals surface area contributed by atoms with Crippen LogP contribution < -0.4 is 0 Å². The van der Waals surface area contributed by atoms with E-state index in [1.54, 1.807) is 0 Å². The van der Waals surface area contributed by atoms with Gasteiger partial charge in [-0.15, -0.1) is 0 Å². The molecule has 1 heterocycles. The van der Waals surface area contributed by atoms with Gasteiger partial charge in [0.25, 0.3) is 0 Å². The van der Waals surface area contributed by atoms with Crippen molar-refractivity contribution in [2.45, 2.75) is 48.0 Å². The molecule has 2 bridgehead atoms. The zero-order chi connectivity index (χ0) is 13.7. The fourth-order valence-corrected chi connectivity index (χ4v) is 5.76. The number of hydrogen-bond donors (Lipinski definition) is 0. The van der Waals surface area contributed by atoms with Gasteiger partial charge >= 0.3 is 11.9 Å². The molecule has 0 N–H and O–H groups in total. The Morgan fingerprint density at radius 2 is 1.22 bits per heavy atom. The first-order valence-electron chi connectivity index (χ1n) is 6.84. The normalized spacial score (nSPS) is 62.1. The maximum Gasteiger partial charge on any atom is 0.321 e. The van der Waals surface area contributed by atoms with Crippen molar-refractivity contribution in [3.05, 3.63) is 0 Å². The molecule has 0 spiro atoms. The first-order chi connectivity index (χ1) is 8.07. The number of carbonyl (C=O) groups excluding carboxylic acids is 2. The van der Waals surface area contributed by atoms with Crippen molar-refractivity contribution in [1.29, 1.82) is 0 Å². The Morgan fingerprint density at radius 1 is 0.889 bits per heavy atom. The van der Waals surface area contributed by atoms with E-state index in [4.69, 9.17) is 4.74 Å². The van der Waals surface area contributed by atoms with Gasteiger partial charge in [-0.3, -0.25) is 9.59 Å². The summed E-state index contributed by atoms with van der Waals surface area (Å²) in [6, 6.07) is 0. The largest absolute Gasteiger partial charge is 0.392 e. The molecule has 0 radical (unpaired) electrons. The summed E-state index contributed by atoms with van der Waals surface area (Å²) in [6.45, 7) is 12.7. The van der Waals surface area contributed by atoms with Gasteiger partial charge in [-0.2, -0.15) is 0 Å². The van der Waals surface area contributed by atoms with E-state index in [0.717, 1.165) is 6.42 Å². The van der Waals surface area contributed by atoms with Crippen LogP contribution in [0.25, 0.3) is 0 Å². The molecule has 1 saturated heterocycles. The van der Waals surface area contributed by atoms with E-state index in [1.165, 1.54) is 0 Å². The average molecular weight is 250 g/mol. The Balaban J connectivity index is 2.35. The van der Waals surface area contributed by atoms with Gasteiger partial charge in [0, 0.05) is 0 Å². The van der Waals surface area contributed by atoms with Crippen molar-refractivity contribution >= 4 is 11.9 Å². The molecule has 3 fully saturated rings. The SMILES string of the molecule is CC1C(C)C2(C)CC1(C)C1(C)C(=O)OC(=O)C21C. The summed E-state index contributed by atoms with van der Waals surface area (Å²) < 4.78 is 5.06. The van der Waals surface area contributed by atoms with Crippen molar-refractivity contribution in [1.82, 2.24) is 0 Å². The predicted octanol–water partition coefficient (Wildman–Crippen LogP) is 2.78. The van der Waals surface area contributed by atoms with E-state index in [-0.39, 0.29) is 22.8 Å². The van der Waals surface area contributed by atoms with Gasteiger partial charge in [0.15, 0.2) is 0 Å². The highest BCUT2D eigenvalue weighted by Gasteiger charge is 2.86. The molecule has 3 aliphatic rings. The fraction of sp³-hybridized carbons (Fsp3) is 0.867. The van der Waals surface area contributed by atoms with Crippen LogP contribution in [0, 0.1) is 33.5 Å². The second-order valence-electron chi connectivity index (χ2n) is 7.52. The van der Waals surface area contributed by atoms with E-state index < -0.39 is 10.8 Å². The van der Waals surface area contributed by atoms with Crippen molar-refractivity contribution < 1.29 is 14.3 Å². The lowest BCUT2D eigenvalue weighted by Crippen LogP contribution is -2.57. The Hall–Kier alpha value is -0.860. The monoisotopic (exact) mass is 250 g/mol. The van der Waals surface area contributed by atoms with Gasteiger partial charge in [0.05, 0.1) is 10.8 Å². The van der Waals surface area contributed by atoms with Crippen molar-refractivity contribution in [2.75, 3.05) is 0 Å². The molecule has 2 aliphatic carbocycles. The lowest BCUT2D eigenvalue weighted by atomic mass is 9.45. The molecule has 3 nitrogen and oxygen atoms in total. The predicted molar refractivity (Wildman–Crippen MR) is 66.5 cm³/mol. The second-order valence-corrected chi connectivity index (χ2v) is 7.52. The highest BCUT2D eigenvalue weighted by atomic mass is 16.6. The van der Waals surface area contributed by atoms with Crippen LogP contribution in [0.1, 0.15) is 48.0 Å². The summed E-state index contributed by atoms with van der Waals surface area (Å²) in [5.74, 6) is 0.248. The van der Waals surface area contributed by atoms with Crippen LogP contribution in [0.3, 0.4) is 0 Å². The van der Waals surface area contributed by atoms with E-state index in [1.807, 2.05) is 13.8 Å². The number of cyclic esters (lactones) is 2. The lowest BCUT2D eigenvalue weighted by molar-refractivity contribution is -0.158. The first-order valence-corrected chi connectivity index (χ1v) is 6.84. The molecule has 3 rings (SSSR count). The first kappa shape index (κ1) is 12.2. The molecule has 0 aromatic carbocycles. The Morgan fingerprint density at radius 3 is 1.56 bits per heavy atom.